The van der Waals surface area contributed by atoms with E-state index in [-0.39, 0.29) is 23.7 Å². The number of morpholine rings is 1. The summed E-state index contributed by atoms with van der Waals surface area (Å²) < 4.78 is 5.38. The first kappa shape index (κ1) is 24.1. The minimum atomic E-state index is -0.752. The Morgan fingerprint density at radius 1 is 1.09 bits per heavy atom. The van der Waals surface area contributed by atoms with Crippen LogP contribution in [0.4, 0.5) is 0 Å². The number of carbonyl (C=O) groups is 2. The van der Waals surface area contributed by atoms with Crippen LogP contribution in [0.25, 0.3) is 10.9 Å². The van der Waals surface area contributed by atoms with Crippen molar-refractivity contribution < 1.29 is 14.3 Å². The van der Waals surface area contributed by atoms with Crippen molar-refractivity contribution in [3.63, 3.8) is 0 Å². The molecule has 178 valence electrons. The van der Waals surface area contributed by atoms with E-state index in [4.69, 9.17) is 16.3 Å². The summed E-state index contributed by atoms with van der Waals surface area (Å²) in [6.07, 6.45) is 1.27. The number of para-hydroxylation sites is 1. The first-order chi connectivity index (χ1) is 16.5. The van der Waals surface area contributed by atoms with Gasteiger partial charge < -0.3 is 15.0 Å². The number of benzene rings is 2. The van der Waals surface area contributed by atoms with Crippen molar-refractivity contribution in [1.29, 1.82) is 0 Å². The number of rotatable bonds is 9. The van der Waals surface area contributed by atoms with Gasteiger partial charge in [0.2, 0.25) is 5.56 Å². The van der Waals surface area contributed by atoms with E-state index >= 15 is 0 Å². The van der Waals surface area contributed by atoms with E-state index in [2.05, 4.69) is 15.2 Å². The van der Waals surface area contributed by atoms with Gasteiger partial charge in [0, 0.05) is 53.5 Å². The summed E-state index contributed by atoms with van der Waals surface area (Å²) in [5, 5.41) is 4.28. The number of ether oxygens (including phenoxy) is 1. The highest BCUT2D eigenvalue weighted by atomic mass is 35.5. The number of halogens is 1. The van der Waals surface area contributed by atoms with Crippen LogP contribution in [-0.2, 0) is 16.0 Å². The molecule has 2 N–H and O–H groups in total. The number of nitrogens with one attached hydrogen (secondary N) is 2. The lowest BCUT2D eigenvalue weighted by Crippen LogP contribution is -2.43. The molecule has 1 saturated heterocycles. The molecule has 0 spiro atoms. The van der Waals surface area contributed by atoms with Crippen molar-refractivity contribution in [2.45, 2.75) is 25.3 Å². The third-order valence-corrected chi connectivity index (χ3v) is 6.31. The quantitative estimate of drug-likeness (QED) is 0.489. The maximum absolute atomic E-state index is 13.3. The Balaban J connectivity index is 1.52. The predicted octanol–water partition coefficient (Wildman–Crippen LogP) is 3.20. The Kier molecular flexibility index (Phi) is 8.11. The van der Waals surface area contributed by atoms with Gasteiger partial charge in [0.25, 0.3) is 5.91 Å². The predicted molar refractivity (Wildman–Crippen MR) is 132 cm³/mol. The summed E-state index contributed by atoms with van der Waals surface area (Å²) >= 11 is 5.94. The Morgan fingerprint density at radius 2 is 1.82 bits per heavy atom. The van der Waals surface area contributed by atoms with E-state index in [9.17, 15) is 14.4 Å². The first-order valence-electron chi connectivity index (χ1n) is 11.5. The number of pyridine rings is 1. The second-order valence-electron chi connectivity index (χ2n) is 8.47. The summed E-state index contributed by atoms with van der Waals surface area (Å²) in [6.45, 7) is 3.96. The van der Waals surface area contributed by atoms with E-state index in [0.29, 0.717) is 42.2 Å². The second kappa shape index (κ2) is 11.4. The molecule has 0 aliphatic carbocycles. The number of carbonyl (C=O) groups excluding carboxylic acids is 2. The van der Waals surface area contributed by atoms with Gasteiger partial charge in [0.1, 0.15) is 0 Å². The molecule has 3 aromatic rings. The molecule has 1 amide bonds. The molecule has 0 saturated carbocycles. The summed E-state index contributed by atoms with van der Waals surface area (Å²) in [5.41, 5.74) is 1.61. The lowest BCUT2D eigenvalue weighted by atomic mass is 9.96. The fraction of sp³-hybridized carbons (Fsp3) is 0.346. The molecule has 2 heterocycles. The van der Waals surface area contributed by atoms with Crippen molar-refractivity contribution in [3.8, 4) is 0 Å². The van der Waals surface area contributed by atoms with E-state index in [1.165, 1.54) is 6.07 Å². The Hall–Kier alpha value is -3.00. The van der Waals surface area contributed by atoms with Gasteiger partial charge in [-0.05, 0) is 48.9 Å². The number of hydrogen-bond acceptors (Lipinski definition) is 5. The van der Waals surface area contributed by atoms with Crippen LogP contribution in [0.1, 0.15) is 28.8 Å². The third kappa shape index (κ3) is 6.32. The van der Waals surface area contributed by atoms with Crippen molar-refractivity contribution >= 4 is 34.2 Å². The number of Topliss-reactive ketones (excluding diaryl/α,β-unsaturated/α-hetero) is 1. The molecule has 0 bridgehead atoms. The van der Waals surface area contributed by atoms with Crippen LogP contribution in [-0.4, -0.2) is 60.5 Å². The van der Waals surface area contributed by atoms with Gasteiger partial charge in [-0.15, -0.1) is 0 Å². The van der Waals surface area contributed by atoms with Gasteiger partial charge in [-0.2, -0.15) is 0 Å². The highest BCUT2D eigenvalue weighted by Crippen LogP contribution is 2.18. The average Bonchev–Trinajstić information content (AvgIpc) is 2.84. The Morgan fingerprint density at radius 3 is 2.59 bits per heavy atom. The van der Waals surface area contributed by atoms with Crippen molar-refractivity contribution in [2.24, 2.45) is 0 Å². The van der Waals surface area contributed by atoms with Crippen molar-refractivity contribution in [1.82, 2.24) is 15.2 Å². The molecule has 1 aliphatic rings. The van der Waals surface area contributed by atoms with Crippen LogP contribution in [0.5, 0.6) is 0 Å². The molecule has 1 unspecified atom stereocenters. The lowest BCUT2D eigenvalue weighted by Gasteiger charge is -2.26. The van der Waals surface area contributed by atoms with Gasteiger partial charge in [-0.1, -0.05) is 29.8 Å². The third-order valence-electron chi connectivity index (χ3n) is 6.06. The monoisotopic (exact) mass is 481 g/mol. The van der Waals surface area contributed by atoms with Gasteiger partial charge in [0.05, 0.1) is 19.3 Å². The zero-order valence-corrected chi connectivity index (χ0v) is 19.6. The molecule has 34 heavy (non-hydrogen) atoms. The SMILES string of the molecule is O=C(NC(Cc1cc(=O)[nH]c2ccccc12)C(=O)CCCN1CCOCC1)c1ccc(Cl)cc1. The van der Waals surface area contributed by atoms with Crippen LogP contribution in [0.3, 0.4) is 0 Å². The molecule has 2 aromatic carbocycles. The molecule has 4 rings (SSSR count). The number of H-pyrrole nitrogens is 1. The van der Waals surface area contributed by atoms with E-state index in [1.807, 2.05) is 24.3 Å². The first-order valence-corrected chi connectivity index (χ1v) is 11.9. The minimum absolute atomic E-state index is 0.0556. The Bertz CT molecular complexity index is 1200. The van der Waals surface area contributed by atoms with E-state index in [1.54, 1.807) is 24.3 Å². The largest absolute Gasteiger partial charge is 0.379 e. The van der Waals surface area contributed by atoms with Gasteiger partial charge in [-0.25, -0.2) is 0 Å². The second-order valence-corrected chi connectivity index (χ2v) is 8.90. The molecule has 1 atom stereocenters. The van der Waals surface area contributed by atoms with Crippen molar-refractivity contribution in [2.75, 3.05) is 32.8 Å². The minimum Gasteiger partial charge on any atom is -0.379 e. The molecule has 1 aliphatic heterocycles. The standard InChI is InChI=1S/C26H28ClN3O4/c27-20-9-7-18(8-10-20)26(33)29-23(24(31)6-3-11-30-12-14-34-15-13-30)16-19-17-25(32)28-22-5-2-1-4-21(19)22/h1-2,4-5,7-10,17,23H,3,6,11-16H2,(H,28,32)(H,29,33). The zero-order chi connectivity index (χ0) is 23.9. The lowest BCUT2D eigenvalue weighted by molar-refractivity contribution is -0.121. The van der Waals surface area contributed by atoms with E-state index < -0.39 is 6.04 Å². The van der Waals surface area contributed by atoms with Gasteiger partial charge >= 0.3 is 0 Å². The number of amides is 1. The topological polar surface area (TPSA) is 91.5 Å². The molecular formula is C26H28ClN3O4. The number of aromatic amines is 1. The van der Waals surface area contributed by atoms with Crippen LogP contribution in [0.15, 0.2) is 59.4 Å². The summed E-state index contributed by atoms with van der Waals surface area (Å²) in [4.78, 5) is 43.5. The highest BCUT2D eigenvalue weighted by Gasteiger charge is 2.23. The maximum atomic E-state index is 13.3. The molecule has 7 nitrogen and oxygen atoms in total. The smallest absolute Gasteiger partial charge is 0.251 e. The number of aromatic nitrogens is 1. The molecule has 0 radical (unpaired) electrons. The molecule has 1 aromatic heterocycles. The normalized spacial score (nSPS) is 15.2. The van der Waals surface area contributed by atoms with Crippen LogP contribution in [0.2, 0.25) is 5.02 Å². The summed E-state index contributed by atoms with van der Waals surface area (Å²) in [6, 6.07) is 14.7. The fourth-order valence-corrected chi connectivity index (χ4v) is 4.36. The van der Waals surface area contributed by atoms with Crippen LogP contribution in [0, 0.1) is 0 Å². The van der Waals surface area contributed by atoms with Gasteiger partial charge in [0.15, 0.2) is 5.78 Å². The molecule has 1 fully saturated rings. The zero-order valence-electron chi connectivity index (χ0n) is 18.9. The van der Waals surface area contributed by atoms with Gasteiger partial charge in [-0.3, -0.25) is 19.3 Å². The van der Waals surface area contributed by atoms with E-state index in [0.717, 1.165) is 30.6 Å². The summed E-state index contributed by atoms with van der Waals surface area (Å²) in [7, 11) is 0. The maximum Gasteiger partial charge on any atom is 0.251 e. The molecule has 8 heteroatoms. The summed E-state index contributed by atoms with van der Waals surface area (Å²) in [5.74, 6) is -0.405. The van der Waals surface area contributed by atoms with Crippen molar-refractivity contribution in [3.05, 3.63) is 81.1 Å². The Labute approximate surface area is 203 Å². The van der Waals surface area contributed by atoms with Crippen LogP contribution < -0.4 is 10.9 Å². The number of hydrogen-bond donors (Lipinski definition) is 2. The number of nitrogens with zero attached hydrogens (tertiary/aromatic N) is 1. The average molecular weight is 482 g/mol. The molecular weight excluding hydrogens is 454 g/mol. The fourth-order valence-electron chi connectivity index (χ4n) is 4.23. The van der Waals surface area contributed by atoms with Crippen LogP contribution >= 0.6 is 11.6 Å². The number of ketones is 1. The number of fused-ring (bicyclic) bond motifs is 1. The highest BCUT2D eigenvalue weighted by molar-refractivity contribution is 6.30.